The summed E-state index contributed by atoms with van der Waals surface area (Å²) in [5.41, 5.74) is 1.64. The minimum atomic E-state index is 0.0559. The molecule has 3 rings (SSSR count). The Hall–Kier alpha value is -1.05. The van der Waals surface area contributed by atoms with Gasteiger partial charge in [-0.2, -0.15) is 0 Å². The van der Waals surface area contributed by atoms with Gasteiger partial charge in [0.15, 0.2) is 5.13 Å². The Morgan fingerprint density at radius 1 is 1.30 bits per heavy atom. The Labute approximate surface area is 148 Å². The normalized spacial score (nSPS) is 17.3. The number of hydrogen-bond donors (Lipinski definition) is 1. The summed E-state index contributed by atoms with van der Waals surface area (Å²) in [6.07, 6.45) is 6.94. The Kier molecular flexibility index (Phi) is 6.36. The first-order chi connectivity index (χ1) is 11.3. The van der Waals surface area contributed by atoms with Gasteiger partial charge in [0.05, 0.1) is 5.69 Å². The lowest BCUT2D eigenvalue weighted by molar-refractivity contribution is -0.116. The third kappa shape index (κ3) is 5.22. The van der Waals surface area contributed by atoms with Gasteiger partial charge in [0, 0.05) is 29.0 Å². The summed E-state index contributed by atoms with van der Waals surface area (Å²) >= 11 is 1.44. The summed E-state index contributed by atoms with van der Waals surface area (Å²) in [7, 11) is 3.98. The molecule has 1 fully saturated rings. The van der Waals surface area contributed by atoms with E-state index in [-0.39, 0.29) is 5.91 Å². The molecule has 1 saturated heterocycles. The number of nitrogens with one attached hydrogen (secondary N) is 1. The zero-order valence-corrected chi connectivity index (χ0v) is 15.2. The van der Waals surface area contributed by atoms with Crippen LogP contribution in [-0.2, 0) is 4.79 Å². The van der Waals surface area contributed by atoms with Crippen molar-refractivity contribution in [3.05, 3.63) is 29.8 Å². The molecule has 23 heavy (non-hydrogen) atoms. The molecule has 122 valence electrons. The topological polar surface area (TPSA) is 54.9 Å². The van der Waals surface area contributed by atoms with Crippen molar-refractivity contribution >= 4 is 44.0 Å². The lowest BCUT2D eigenvalue weighted by Crippen LogP contribution is -2.11. The number of rotatable bonds is 7. The lowest BCUT2D eigenvalue weighted by atomic mass is 10.1. The van der Waals surface area contributed by atoms with Gasteiger partial charge in [0.1, 0.15) is 5.69 Å². The number of unbranched alkanes of at least 4 members (excludes halogenated alkanes) is 1. The van der Waals surface area contributed by atoms with Crippen LogP contribution in [0, 0.1) is 0 Å². The third-order valence-electron chi connectivity index (χ3n) is 3.59. The first-order valence-electron chi connectivity index (χ1n) is 7.76. The highest BCUT2D eigenvalue weighted by Crippen LogP contribution is 2.39. The highest BCUT2D eigenvalue weighted by Gasteiger charge is 2.16. The van der Waals surface area contributed by atoms with Crippen molar-refractivity contribution in [2.24, 2.45) is 0 Å². The molecule has 2 aromatic rings. The SMILES string of the molecule is O=C(CCCC[C@@H]1CCSS1)Nc1nc(-c2ccccn2)cs1. The predicted molar refractivity (Wildman–Crippen MR) is 101 cm³/mol. The number of thiazole rings is 1. The van der Waals surface area contributed by atoms with Crippen molar-refractivity contribution in [3.8, 4) is 11.4 Å². The molecule has 1 atom stereocenters. The number of nitrogens with zero attached hydrogens (tertiary/aromatic N) is 2. The van der Waals surface area contributed by atoms with Crippen LogP contribution in [-0.4, -0.2) is 26.9 Å². The van der Waals surface area contributed by atoms with Crippen LogP contribution in [0.25, 0.3) is 11.4 Å². The molecule has 0 aromatic carbocycles. The molecular weight excluding hydrogens is 346 g/mol. The number of carbonyl (C=O) groups excluding carboxylic acids is 1. The molecule has 0 radical (unpaired) electrons. The van der Waals surface area contributed by atoms with Gasteiger partial charge >= 0.3 is 0 Å². The Bertz CT molecular complexity index is 627. The maximum atomic E-state index is 12.0. The molecule has 1 aliphatic heterocycles. The molecule has 1 aliphatic rings. The Morgan fingerprint density at radius 2 is 2.26 bits per heavy atom. The number of aromatic nitrogens is 2. The minimum Gasteiger partial charge on any atom is -0.302 e. The fraction of sp³-hybridized carbons (Fsp3) is 0.438. The predicted octanol–water partition coefficient (Wildman–Crippen LogP) is 4.86. The van der Waals surface area contributed by atoms with E-state index in [1.807, 2.05) is 45.2 Å². The Balaban J connectivity index is 1.40. The van der Waals surface area contributed by atoms with Crippen molar-refractivity contribution in [3.63, 3.8) is 0 Å². The largest absolute Gasteiger partial charge is 0.302 e. The maximum absolute atomic E-state index is 12.0. The molecule has 7 heteroatoms. The lowest BCUT2D eigenvalue weighted by Gasteiger charge is -2.06. The second-order valence-electron chi connectivity index (χ2n) is 5.38. The molecule has 1 amide bonds. The second kappa shape index (κ2) is 8.70. The van der Waals surface area contributed by atoms with Gasteiger partial charge in [0.2, 0.25) is 5.91 Å². The third-order valence-corrected chi connectivity index (χ3v) is 7.35. The number of amides is 1. The van der Waals surface area contributed by atoms with Crippen molar-refractivity contribution in [1.29, 1.82) is 0 Å². The summed E-state index contributed by atoms with van der Waals surface area (Å²) in [6, 6.07) is 5.72. The summed E-state index contributed by atoms with van der Waals surface area (Å²) in [5.74, 6) is 1.33. The van der Waals surface area contributed by atoms with Crippen LogP contribution in [0.15, 0.2) is 29.8 Å². The molecule has 0 saturated carbocycles. The van der Waals surface area contributed by atoms with Gasteiger partial charge in [-0.1, -0.05) is 34.1 Å². The molecule has 3 heterocycles. The zero-order chi connectivity index (χ0) is 15.9. The summed E-state index contributed by atoms with van der Waals surface area (Å²) < 4.78 is 0. The van der Waals surface area contributed by atoms with Gasteiger partial charge in [-0.05, 0) is 31.4 Å². The van der Waals surface area contributed by atoms with E-state index in [1.54, 1.807) is 6.20 Å². The van der Waals surface area contributed by atoms with E-state index in [9.17, 15) is 4.79 Å². The van der Waals surface area contributed by atoms with Crippen LogP contribution >= 0.6 is 32.9 Å². The highest BCUT2D eigenvalue weighted by molar-refractivity contribution is 8.77. The minimum absolute atomic E-state index is 0.0559. The quantitative estimate of drug-likeness (QED) is 0.561. The number of carbonyl (C=O) groups is 1. The van der Waals surface area contributed by atoms with Crippen LogP contribution in [0.1, 0.15) is 32.1 Å². The maximum Gasteiger partial charge on any atom is 0.226 e. The first-order valence-corrected chi connectivity index (χ1v) is 11.0. The van der Waals surface area contributed by atoms with Crippen LogP contribution in [0.4, 0.5) is 5.13 Å². The van der Waals surface area contributed by atoms with Crippen molar-refractivity contribution in [2.75, 3.05) is 11.1 Å². The molecule has 0 aliphatic carbocycles. The number of hydrogen-bond acceptors (Lipinski definition) is 6. The molecule has 2 aromatic heterocycles. The van der Waals surface area contributed by atoms with Gasteiger partial charge in [-0.15, -0.1) is 11.3 Å². The highest BCUT2D eigenvalue weighted by atomic mass is 33.1. The van der Waals surface area contributed by atoms with Crippen molar-refractivity contribution in [2.45, 2.75) is 37.4 Å². The smallest absolute Gasteiger partial charge is 0.226 e. The van der Waals surface area contributed by atoms with Crippen molar-refractivity contribution < 1.29 is 4.79 Å². The van der Waals surface area contributed by atoms with Crippen LogP contribution in [0.3, 0.4) is 0 Å². The van der Waals surface area contributed by atoms with E-state index in [2.05, 4.69) is 15.3 Å². The van der Waals surface area contributed by atoms with E-state index in [0.29, 0.717) is 11.6 Å². The van der Waals surface area contributed by atoms with Crippen LogP contribution < -0.4 is 5.32 Å². The summed E-state index contributed by atoms with van der Waals surface area (Å²) in [5, 5.41) is 6.26. The molecule has 0 unspecified atom stereocenters. The second-order valence-corrected chi connectivity index (χ2v) is 9.02. The number of pyridine rings is 1. The molecule has 0 spiro atoms. The van der Waals surface area contributed by atoms with Gasteiger partial charge in [-0.3, -0.25) is 9.78 Å². The summed E-state index contributed by atoms with van der Waals surface area (Å²) in [4.78, 5) is 20.7. The first kappa shape index (κ1) is 16.8. The average Bonchev–Trinajstić information content (AvgIpc) is 3.24. The van der Waals surface area contributed by atoms with E-state index in [1.165, 1.54) is 29.9 Å². The van der Waals surface area contributed by atoms with Gasteiger partial charge < -0.3 is 5.32 Å². The van der Waals surface area contributed by atoms with E-state index in [4.69, 9.17) is 0 Å². The average molecular weight is 366 g/mol. The Morgan fingerprint density at radius 3 is 3.04 bits per heavy atom. The van der Waals surface area contributed by atoms with Gasteiger partial charge in [0.25, 0.3) is 0 Å². The molecular formula is C16H19N3OS3. The fourth-order valence-electron chi connectivity index (χ4n) is 2.37. The van der Waals surface area contributed by atoms with Crippen LogP contribution in [0.5, 0.6) is 0 Å². The monoisotopic (exact) mass is 365 g/mol. The zero-order valence-electron chi connectivity index (χ0n) is 12.7. The van der Waals surface area contributed by atoms with Gasteiger partial charge in [-0.25, -0.2) is 4.98 Å². The standard InChI is InChI=1S/C16H19N3OS3/c20-15(7-2-1-5-12-8-10-22-23-12)19-16-18-14(11-21-16)13-6-3-4-9-17-13/h3-4,6,9,11-12H,1-2,5,7-8,10H2,(H,18,19,20)/t12-/m1/s1. The van der Waals surface area contributed by atoms with E-state index >= 15 is 0 Å². The summed E-state index contributed by atoms with van der Waals surface area (Å²) in [6.45, 7) is 0. The molecule has 1 N–H and O–H groups in total. The fourth-order valence-corrected chi connectivity index (χ4v) is 6.12. The van der Waals surface area contributed by atoms with E-state index < -0.39 is 0 Å². The molecule has 0 bridgehead atoms. The molecule has 4 nitrogen and oxygen atoms in total. The van der Waals surface area contributed by atoms with Crippen LogP contribution in [0.2, 0.25) is 0 Å². The number of anilines is 1. The van der Waals surface area contributed by atoms with E-state index in [0.717, 1.165) is 29.5 Å². The van der Waals surface area contributed by atoms with Crippen molar-refractivity contribution in [1.82, 2.24) is 9.97 Å².